The molecule has 1 fully saturated rings. The van der Waals surface area contributed by atoms with Crippen LogP contribution in [0.4, 0.5) is 11.5 Å². The van der Waals surface area contributed by atoms with Gasteiger partial charge in [0.2, 0.25) is 0 Å². The second kappa shape index (κ2) is 5.96. The number of hydrogen-bond donors (Lipinski definition) is 5. The molecule has 1 amide bonds. The molecule has 1 aromatic heterocycles. The predicted octanol–water partition coefficient (Wildman–Crippen LogP) is -0.0688. The molecule has 2 heterocycles. The van der Waals surface area contributed by atoms with Gasteiger partial charge in [-0.3, -0.25) is 4.79 Å². The maximum absolute atomic E-state index is 11.4. The lowest BCUT2D eigenvalue weighted by Crippen LogP contribution is -2.14. The van der Waals surface area contributed by atoms with Crippen molar-refractivity contribution in [1.82, 2.24) is 10.3 Å². The zero-order valence-electron chi connectivity index (χ0n) is 10.2. The highest BCUT2D eigenvalue weighted by Crippen LogP contribution is 2.11. The largest absolute Gasteiger partial charge is 0.395 e. The highest BCUT2D eigenvalue weighted by molar-refractivity contribution is 6.26. The standard InChI is InChI=1S/C12H15N5O2/c13-10-7-17-12(19)9(10)6-15-8-1-2-11(16-5-8)14-3-4-18/h1-2,5-6,13,15,18H,3-4,7H2,(H,14,16)(H,17,19)/b9-6+,13-10?. The van der Waals surface area contributed by atoms with Crippen LogP contribution in [0.3, 0.4) is 0 Å². The number of hydrogen-bond acceptors (Lipinski definition) is 6. The van der Waals surface area contributed by atoms with Crippen LogP contribution in [-0.4, -0.2) is 41.4 Å². The van der Waals surface area contributed by atoms with E-state index >= 15 is 0 Å². The van der Waals surface area contributed by atoms with E-state index in [1.165, 1.54) is 6.20 Å². The smallest absolute Gasteiger partial charge is 0.254 e. The molecule has 0 aromatic carbocycles. The highest BCUT2D eigenvalue weighted by atomic mass is 16.3. The van der Waals surface area contributed by atoms with Gasteiger partial charge in [-0.25, -0.2) is 4.98 Å². The van der Waals surface area contributed by atoms with Crippen molar-refractivity contribution in [3.05, 3.63) is 30.1 Å². The topological polar surface area (TPSA) is 110 Å². The number of amides is 1. The van der Waals surface area contributed by atoms with Crippen LogP contribution < -0.4 is 16.0 Å². The first-order valence-corrected chi connectivity index (χ1v) is 5.84. The zero-order valence-corrected chi connectivity index (χ0v) is 10.2. The first kappa shape index (κ1) is 13.0. The Bertz CT molecular complexity index is 491. The fraction of sp³-hybridized carbons (Fsp3) is 0.250. The van der Waals surface area contributed by atoms with E-state index in [0.717, 1.165) is 5.69 Å². The van der Waals surface area contributed by atoms with Crippen molar-refractivity contribution in [1.29, 1.82) is 5.41 Å². The van der Waals surface area contributed by atoms with Crippen LogP contribution in [0.25, 0.3) is 0 Å². The minimum absolute atomic E-state index is 0.0466. The zero-order chi connectivity index (χ0) is 13.7. The van der Waals surface area contributed by atoms with Gasteiger partial charge in [-0.1, -0.05) is 0 Å². The number of pyridine rings is 1. The summed E-state index contributed by atoms with van der Waals surface area (Å²) in [4.78, 5) is 15.5. The molecule has 0 atom stereocenters. The Hall–Kier alpha value is -2.41. The van der Waals surface area contributed by atoms with Crippen molar-refractivity contribution in [3.8, 4) is 0 Å². The number of nitrogens with one attached hydrogen (secondary N) is 4. The predicted molar refractivity (Wildman–Crippen MR) is 72.3 cm³/mol. The lowest BCUT2D eigenvalue weighted by molar-refractivity contribution is -0.116. The van der Waals surface area contributed by atoms with Crippen LogP contribution in [0.15, 0.2) is 30.1 Å². The van der Waals surface area contributed by atoms with Crippen LogP contribution in [0, 0.1) is 5.41 Å². The fourth-order valence-electron chi connectivity index (χ4n) is 1.57. The average molecular weight is 261 g/mol. The Morgan fingerprint density at radius 1 is 1.53 bits per heavy atom. The Morgan fingerprint density at radius 2 is 2.37 bits per heavy atom. The highest BCUT2D eigenvalue weighted by Gasteiger charge is 2.21. The van der Waals surface area contributed by atoms with Gasteiger partial charge in [-0.15, -0.1) is 0 Å². The molecule has 2 rings (SSSR count). The number of carbonyl (C=O) groups is 1. The van der Waals surface area contributed by atoms with Gasteiger partial charge >= 0.3 is 0 Å². The summed E-state index contributed by atoms with van der Waals surface area (Å²) in [5, 5.41) is 24.7. The average Bonchev–Trinajstić information content (AvgIpc) is 2.75. The van der Waals surface area contributed by atoms with E-state index in [4.69, 9.17) is 10.5 Å². The number of carbonyl (C=O) groups excluding carboxylic acids is 1. The van der Waals surface area contributed by atoms with Crippen molar-refractivity contribution >= 4 is 23.1 Å². The van der Waals surface area contributed by atoms with Crippen LogP contribution in [0.5, 0.6) is 0 Å². The third-order valence-electron chi connectivity index (χ3n) is 2.56. The SMILES string of the molecule is N=C1CNC(=O)/C1=C/Nc1ccc(NCCO)nc1. The van der Waals surface area contributed by atoms with Crippen molar-refractivity contribution in [3.63, 3.8) is 0 Å². The minimum Gasteiger partial charge on any atom is -0.395 e. The second-order valence-electron chi connectivity index (χ2n) is 3.95. The molecule has 1 aliphatic rings. The molecule has 0 spiro atoms. The molecular weight excluding hydrogens is 246 g/mol. The monoisotopic (exact) mass is 261 g/mol. The number of rotatable bonds is 5. The van der Waals surface area contributed by atoms with Crippen molar-refractivity contribution in [2.24, 2.45) is 0 Å². The molecule has 0 bridgehead atoms. The Labute approximate surface area is 110 Å². The van der Waals surface area contributed by atoms with E-state index in [1.54, 1.807) is 18.3 Å². The van der Waals surface area contributed by atoms with Crippen LogP contribution in [0.2, 0.25) is 0 Å². The van der Waals surface area contributed by atoms with E-state index in [-0.39, 0.29) is 24.8 Å². The van der Waals surface area contributed by atoms with Gasteiger partial charge in [-0.2, -0.15) is 0 Å². The van der Waals surface area contributed by atoms with Crippen LogP contribution in [0.1, 0.15) is 0 Å². The minimum atomic E-state index is -0.244. The molecule has 7 nitrogen and oxygen atoms in total. The summed E-state index contributed by atoms with van der Waals surface area (Å²) in [6, 6.07) is 3.55. The van der Waals surface area contributed by atoms with E-state index in [2.05, 4.69) is 20.9 Å². The van der Waals surface area contributed by atoms with Gasteiger partial charge < -0.3 is 26.5 Å². The number of aliphatic hydroxyl groups is 1. The van der Waals surface area contributed by atoms with E-state index in [0.29, 0.717) is 17.9 Å². The molecule has 0 unspecified atom stereocenters. The molecule has 5 N–H and O–H groups in total. The Morgan fingerprint density at radius 3 is 2.95 bits per heavy atom. The first-order chi connectivity index (χ1) is 9.20. The molecule has 0 saturated carbocycles. The molecule has 0 radical (unpaired) electrons. The molecule has 19 heavy (non-hydrogen) atoms. The van der Waals surface area contributed by atoms with E-state index < -0.39 is 0 Å². The molecule has 7 heteroatoms. The van der Waals surface area contributed by atoms with Crippen molar-refractivity contribution in [2.75, 3.05) is 30.3 Å². The van der Waals surface area contributed by atoms with Crippen molar-refractivity contribution < 1.29 is 9.90 Å². The summed E-state index contributed by atoms with van der Waals surface area (Å²) in [7, 11) is 0. The van der Waals surface area contributed by atoms with Crippen LogP contribution >= 0.6 is 0 Å². The van der Waals surface area contributed by atoms with Gasteiger partial charge in [0.05, 0.1) is 36.3 Å². The van der Waals surface area contributed by atoms with Gasteiger partial charge in [0, 0.05) is 12.7 Å². The summed E-state index contributed by atoms with van der Waals surface area (Å²) in [5.41, 5.74) is 1.32. The number of aliphatic hydroxyl groups excluding tert-OH is 1. The Balaban J connectivity index is 1.98. The third-order valence-corrected chi connectivity index (χ3v) is 2.56. The Kier molecular flexibility index (Phi) is 4.09. The molecule has 100 valence electrons. The van der Waals surface area contributed by atoms with E-state index in [1.807, 2.05) is 0 Å². The first-order valence-electron chi connectivity index (χ1n) is 5.84. The lowest BCUT2D eigenvalue weighted by atomic mass is 10.2. The van der Waals surface area contributed by atoms with Gasteiger partial charge in [0.15, 0.2) is 0 Å². The summed E-state index contributed by atoms with van der Waals surface area (Å²) in [6.07, 6.45) is 3.11. The van der Waals surface area contributed by atoms with Gasteiger partial charge in [-0.05, 0) is 12.1 Å². The quantitative estimate of drug-likeness (QED) is 0.477. The summed E-state index contributed by atoms with van der Waals surface area (Å²) >= 11 is 0. The van der Waals surface area contributed by atoms with Gasteiger partial charge in [0.25, 0.3) is 5.91 Å². The van der Waals surface area contributed by atoms with Crippen LogP contribution in [-0.2, 0) is 4.79 Å². The maximum atomic E-state index is 11.4. The maximum Gasteiger partial charge on any atom is 0.254 e. The molecule has 0 aliphatic carbocycles. The normalized spacial score (nSPS) is 16.6. The lowest BCUT2D eigenvalue weighted by Gasteiger charge is -2.05. The summed E-state index contributed by atoms with van der Waals surface area (Å²) in [6.45, 7) is 0.765. The third kappa shape index (κ3) is 3.29. The summed E-state index contributed by atoms with van der Waals surface area (Å²) < 4.78 is 0. The number of anilines is 2. The fourth-order valence-corrected chi connectivity index (χ4v) is 1.57. The second-order valence-corrected chi connectivity index (χ2v) is 3.95. The molecular formula is C12H15N5O2. The van der Waals surface area contributed by atoms with Crippen molar-refractivity contribution in [2.45, 2.75) is 0 Å². The molecule has 1 saturated heterocycles. The van der Waals surface area contributed by atoms with E-state index in [9.17, 15) is 4.79 Å². The number of aromatic nitrogens is 1. The molecule has 1 aromatic rings. The summed E-state index contributed by atoms with van der Waals surface area (Å²) in [5.74, 6) is 0.422. The number of nitrogens with zero attached hydrogens (tertiary/aromatic N) is 1. The molecule has 1 aliphatic heterocycles. The van der Waals surface area contributed by atoms with Gasteiger partial charge in [0.1, 0.15) is 5.82 Å².